The van der Waals surface area contributed by atoms with Crippen molar-refractivity contribution in [3.05, 3.63) is 81.7 Å². The molecule has 0 bridgehead atoms. The number of aliphatic hydroxyl groups excluding tert-OH is 1. The van der Waals surface area contributed by atoms with Crippen LogP contribution in [0.4, 0.5) is 24.7 Å². The molecule has 0 aliphatic heterocycles. The number of halogens is 3. The molecule has 1 aliphatic rings. The van der Waals surface area contributed by atoms with Gasteiger partial charge in [0, 0.05) is 30.6 Å². The second-order valence-electron chi connectivity index (χ2n) is 8.51. The first-order valence-electron chi connectivity index (χ1n) is 10.7. The van der Waals surface area contributed by atoms with E-state index in [1.807, 2.05) is 6.92 Å². The van der Waals surface area contributed by atoms with Gasteiger partial charge in [-0.05, 0) is 43.9 Å². The van der Waals surface area contributed by atoms with E-state index < -0.39 is 28.5 Å². The first-order chi connectivity index (χ1) is 16.3. The van der Waals surface area contributed by atoms with Gasteiger partial charge in [0.25, 0.3) is 5.56 Å². The maximum Gasteiger partial charge on any atom is 0.266 e. The minimum absolute atomic E-state index is 0.0895. The monoisotopic (exact) mass is 471 g/mol. The molecule has 1 saturated carbocycles. The van der Waals surface area contributed by atoms with E-state index in [4.69, 9.17) is 5.41 Å². The molecular formula is C24H24F3N5O2. The van der Waals surface area contributed by atoms with Crippen LogP contribution in [0.25, 0.3) is 5.69 Å². The van der Waals surface area contributed by atoms with Gasteiger partial charge in [0.1, 0.15) is 17.5 Å². The van der Waals surface area contributed by atoms with Crippen LogP contribution in [-0.2, 0) is 6.54 Å². The van der Waals surface area contributed by atoms with E-state index in [0.29, 0.717) is 5.82 Å². The minimum Gasteiger partial charge on any atom is -0.394 e. The topological polar surface area (TPSA) is 103 Å². The summed E-state index contributed by atoms with van der Waals surface area (Å²) in [5.74, 6) is -1.67. The molecule has 1 aliphatic carbocycles. The molecule has 34 heavy (non-hydrogen) atoms. The van der Waals surface area contributed by atoms with E-state index in [0.717, 1.165) is 42.0 Å². The van der Waals surface area contributed by atoms with E-state index in [1.165, 1.54) is 24.4 Å². The maximum absolute atomic E-state index is 14.7. The standard InChI is InChI=1S/C24H24F3N5O2/c1-24(13-33,14-5-6-14)31-22-9-21(19(27)12-30-22)32-8-7-20(15(10-28)23(32)34)29-11-16-17(25)3-2-4-18(16)26/h2-4,7-10,12,14,28-29,33H,5-6,11,13H2,1H3,(H,30,31). The van der Waals surface area contributed by atoms with Gasteiger partial charge < -0.3 is 21.1 Å². The Balaban J connectivity index is 1.65. The first-order valence-corrected chi connectivity index (χ1v) is 10.7. The number of benzene rings is 1. The summed E-state index contributed by atoms with van der Waals surface area (Å²) in [7, 11) is 0. The second kappa shape index (κ2) is 9.30. The van der Waals surface area contributed by atoms with Gasteiger partial charge in [0.15, 0.2) is 5.82 Å². The zero-order valence-electron chi connectivity index (χ0n) is 18.4. The lowest BCUT2D eigenvalue weighted by Gasteiger charge is -2.29. The third-order valence-electron chi connectivity index (χ3n) is 6.11. The molecule has 1 fully saturated rings. The van der Waals surface area contributed by atoms with Crippen LogP contribution in [0.5, 0.6) is 0 Å². The van der Waals surface area contributed by atoms with E-state index >= 15 is 0 Å². The van der Waals surface area contributed by atoms with Gasteiger partial charge in [-0.3, -0.25) is 9.36 Å². The van der Waals surface area contributed by atoms with Gasteiger partial charge in [0.2, 0.25) is 0 Å². The van der Waals surface area contributed by atoms with Crippen molar-refractivity contribution in [2.45, 2.75) is 31.8 Å². The van der Waals surface area contributed by atoms with Crippen molar-refractivity contribution >= 4 is 17.7 Å². The fraction of sp³-hybridized carbons (Fsp3) is 0.292. The van der Waals surface area contributed by atoms with Gasteiger partial charge in [-0.25, -0.2) is 18.2 Å². The van der Waals surface area contributed by atoms with Crippen LogP contribution in [0.15, 0.2) is 47.5 Å². The number of rotatable bonds is 9. The Bertz CT molecular complexity index is 1270. The van der Waals surface area contributed by atoms with Crippen molar-refractivity contribution in [2.75, 3.05) is 17.2 Å². The molecule has 4 N–H and O–H groups in total. The lowest BCUT2D eigenvalue weighted by molar-refractivity contribution is 0.205. The average molecular weight is 471 g/mol. The van der Waals surface area contributed by atoms with Crippen LogP contribution in [-0.4, -0.2) is 33.0 Å². The molecule has 1 unspecified atom stereocenters. The molecule has 0 spiro atoms. The summed E-state index contributed by atoms with van der Waals surface area (Å²) >= 11 is 0. The number of nitrogens with one attached hydrogen (secondary N) is 3. The molecule has 2 heterocycles. The van der Waals surface area contributed by atoms with E-state index in [2.05, 4.69) is 15.6 Å². The molecule has 0 radical (unpaired) electrons. The number of pyridine rings is 2. The summed E-state index contributed by atoms with van der Waals surface area (Å²) in [6.07, 6.45) is 5.01. The SMILES string of the molecule is CC(CO)(Nc1cc(-n2ccc(NCc3c(F)cccc3F)c(C=N)c2=O)c(F)cn1)C1CC1. The zero-order chi connectivity index (χ0) is 24.5. The lowest BCUT2D eigenvalue weighted by atomic mass is 9.97. The van der Waals surface area contributed by atoms with Gasteiger partial charge in [0.05, 0.1) is 35.3 Å². The normalized spacial score (nSPS) is 15.0. The minimum atomic E-state index is -0.755. The Labute approximate surface area is 193 Å². The summed E-state index contributed by atoms with van der Waals surface area (Å²) in [6, 6.07) is 6.29. The predicted octanol–water partition coefficient (Wildman–Crippen LogP) is 3.83. The van der Waals surface area contributed by atoms with E-state index in [9.17, 15) is 23.1 Å². The molecule has 7 nitrogen and oxygen atoms in total. The first kappa shape index (κ1) is 23.5. The molecule has 1 atom stereocenters. The Morgan fingerprint density at radius 1 is 1.24 bits per heavy atom. The summed E-state index contributed by atoms with van der Waals surface area (Å²) in [6.45, 7) is 1.47. The Kier molecular flexibility index (Phi) is 6.43. The van der Waals surface area contributed by atoms with Crippen molar-refractivity contribution < 1.29 is 18.3 Å². The van der Waals surface area contributed by atoms with Crippen molar-refractivity contribution in [3.63, 3.8) is 0 Å². The highest BCUT2D eigenvalue weighted by Crippen LogP contribution is 2.41. The highest BCUT2D eigenvalue weighted by atomic mass is 19.1. The van der Waals surface area contributed by atoms with Crippen LogP contribution < -0.4 is 16.2 Å². The van der Waals surface area contributed by atoms with E-state index in [1.54, 1.807) is 0 Å². The van der Waals surface area contributed by atoms with Gasteiger partial charge in [-0.1, -0.05) is 6.07 Å². The van der Waals surface area contributed by atoms with Gasteiger partial charge in [-0.15, -0.1) is 0 Å². The molecule has 0 saturated heterocycles. The highest BCUT2D eigenvalue weighted by Gasteiger charge is 2.41. The molecule has 3 aromatic rings. The smallest absolute Gasteiger partial charge is 0.266 e. The predicted molar refractivity (Wildman–Crippen MR) is 123 cm³/mol. The molecule has 178 valence electrons. The van der Waals surface area contributed by atoms with Crippen LogP contribution >= 0.6 is 0 Å². The summed E-state index contributed by atoms with van der Waals surface area (Å²) in [5, 5.41) is 23.4. The summed E-state index contributed by atoms with van der Waals surface area (Å²) in [5.41, 5.74) is -1.55. The third-order valence-corrected chi connectivity index (χ3v) is 6.11. The molecule has 4 rings (SSSR count). The summed E-state index contributed by atoms with van der Waals surface area (Å²) in [4.78, 5) is 17.1. The Hall–Kier alpha value is -3.66. The van der Waals surface area contributed by atoms with Crippen LogP contribution in [0.1, 0.15) is 30.9 Å². The van der Waals surface area contributed by atoms with Crippen LogP contribution in [0.3, 0.4) is 0 Å². The van der Waals surface area contributed by atoms with Crippen molar-refractivity contribution in [3.8, 4) is 5.69 Å². The lowest BCUT2D eigenvalue weighted by Crippen LogP contribution is -2.41. The molecule has 0 amide bonds. The third kappa shape index (κ3) is 4.54. The van der Waals surface area contributed by atoms with Gasteiger partial charge >= 0.3 is 0 Å². The average Bonchev–Trinajstić information content (AvgIpc) is 3.66. The number of hydrogen-bond acceptors (Lipinski definition) is 6. The number of anilines is 2. The Morgan fingerprint density at radius 3 is 2.56 bits per heavy atom. The van der Waals surface area contributed by atoms with Gasteiger partial charge in [-0.2, -0.15) is 0 Å². The van der Waals surface area contributed by atoms with Crippen molar-refractivity contribution in [1.29, 1.82) is 5.41 Å². The second-order valence-corrected chi connectivity index (χ2v) is 8.51. The molecule has 2 aromatic heterocycles. The highest BCUT2D eigenvalue weighted by molar-refractivity contribution is 5.85. The number of aliphatic hydroxyl groups is 1. The molecular weight excluding hydrogens is 447 g/mol. The molecule has 1 aromatic carbocycles. The number of hydrogen-bond donors (Lipinski definition) is 4. The quantitative estimate of drug-likeness (QED) is 0.355. The Morgan fingerprint density at radius 2 is 1.94 bits per heavy atom. The van der Waals surface area contributed by atoms with E-state index in [-0.39, 0.29) is 41.6 Å². The number of nitrogens with zero attached hydrogens (tertiary/aromatic N) is 2. The molecule has 10 heteroatoms. The number of aromatic nitrogens is 2. The van der Waals surface area contributed by atoms with Crippen molar-refractivity contribution in [2.24, 2.45) is 5.92 Å². The maximum atomic E-state index is 14.7. The summed E-state index contributed by atoms with van der Waals surface area (Å²) < 4.78 is 43.5. The van der Waals surface area contributed by atoms with Crippen LogP contribution in [0.2, 0.25) is 0 Å². The fourth-order valence-electron chi connectivity index (χ4n) is 3.88. The zero-order valence-corrected chi connectivity index (χ0v) is 18.4. The largest absolute Gasteiger partial charge is 0.394 e. The van der Waals surface area contributed by atoms with Crippen LogP contribution in [0, 0.1) is 28.8 Å². The van der Waals surface area contributed by atoms with Crippen molar-refractivity contribution in [1.82, 2.24) is 9.55 Å². The fourth-order valence-corrected chi connectivity index (χ4v) is 3.88.